The summed E-state index contributed by atoms with van der Waals surface area (Å²) in [4.78, 5) is 44.4. The lowest BCUT2D eigenvalue weighted by atomic mass is 9.65. The number of benzene rings is 2. The van der Waals surface area contributed by atoms with Gasteiger partial charge in [0.25, 0.3) is 0 Å². The lowest BCUT2D eigenvalue weighted by molar-refractivity contribution is -0.150. The Morgan fingerprint density at radius 1 is 1.11 bits per heavy atom. The van der Waals surface area contributed by atoms with Gasteiger partial charge in [0.15, 0.2) is 0 Å². The highest BCUT2D eigenvalue weighted by Crippen LogP contribution is 2.64. The molecule has 0 radical (unpaired) electrons. The van der Waals surface area contributed by atoms with Crippen LogP contribution in [0.25, 0.3) is 11.0 Å². The molecule has 0 saturated carbocycles. The molecule has 3 saturated heterocycles. The third-order valence-electron chi connectivity index (χ3n) is 9.75. The van der Waals surface area contributed by atoms with Crippen molar-refractivity contribution in [2.75, 3.05) is 18.5 Å². The number of aliphatic hydroxyl groups excluding tert-OH is 1. The van der Waals surface area contributed by atoms with Gasteiger partial charge < -0.3 is 30.1 Å². The number of amides is 3. The number of hydrogen-bond acceptors (Lipinski definition) is 8. The van der Waals surface area contributed by atoms with Gasteiger partial charge in [0.1, 0.15) is 29.6 Å². The highest BCUT2D eigenvalue weighted by Gasteiger charge is 2.79. The van der Waals surface area contributed by atoms with E-state index in [1.165, 1.54) is 4.90 Å². The minimum absolute atomic E-state index is 0.0349. The molecule has 12 heteroatoms. The van der Waals surface area contributed by atoms with Gasteiger partial charge in [-0.2, -0.15) is 0 Å². The Kier molecular flexibility index (Phi) is 8.30. The maximum Gasteiger partial charge on any atom is 0.247 e. The van der Waals surface area contributed by atoms with Crippen LogP contribution >= 0.6 is 0 Å². The normalized spacial score (nSPS) is 27.6. The fourth-order valence-corrected chi connectivity index (χ4v) is 7.87. The number of aliphatic hydroxyl groups is 1. The number of anilines is 1. The third-order valence-corrected chi connectivity index (χ3v) is 9.75. The molecule has 3 aliphatic rings. The van der Waals surface area contributed by atoms with Gasteiger partial charge in [0, 0.05) is 5.69 Å². The zero-order valence-corrected chi connectivity index (χ0v) is 26.2. The number of para-hydroxylation sites is 1. The average molecular weight is 619 g/mol. The van der Waals surface area contributed by atoms with Crippen LogP contribution in [0.1, 0.15) is 53.4 Å². The monoisotopic (exact) mass is 618 g/mol. The van der Waals surface area contributed by atoms with E-state index in [-0.39, 0.29) is 31.0 Å². The third kappa shape index (κ3) is 5.13. The van der Waals surface area contributed by atoms with E-state index in [0.29, 0.717) is 49.2 Å². The number of carbonyl (C=O) groups is 3. The molecular formula is C33H42N6O6. The minimum Gasteiger partial charge on any atom is -0.494 e. The Morgan fingerprint density at radius 2 is 1.87 bits per heavy atom. The van der Waals surface area contributed by atoms with Gasteiger partial charge in [-0.25, -0.2) is 4.68 Å². The fraction of sp³-hybridized carbons (Fsp3) is 0.545. The van der Waals surface area contributed by atoms with E-state index in [0.717, 1.165) is 5.52 Å². The molecule has 3 fully saturated rings. The molecule has 3 aromatic rings. The van der Waals surface area contributed by atoms with Crippen LogP contribution in [0.5, 0.6) is 5.75 Å². The van der Waals surface area contributed by atoms with Crippen LogP contribution in [0, 0.1) is 17.8 Å². The van der Waals surface area contributed by atoms with Crippen molar-refractivity contribution in [3.05, 3.63) is 48.5 Å². The molecule has 6 atom stereocenters. The SMILES string of the molecule is CCOc1ccc(NC(=O)[C@H]2[C@H]3C(=O)N([C@@H](CO)CC(C)C)C(C(=O)NCn4nnc5ccccc54)C34CC[C@]2(CC)O4)cc1. The predicted molar refractivity (Wildman–Crippen MR) is 166 cm³/mol. The molecule has 4 heterocycles. The second kappa shape index (κ2) is 12.1. The molecule has 12 nitrogen and oxygen atoms in total. The van der Waals surface area contributed by atoms with Crippen LogP contribution in [-0.4, -0.2) is 79.2 Å². The first-order valence-electron chi connectivity index (χ1n) is 15.9. The quantitative estimate of drug-likeness (QED) is 0.281. The molecule has 3 aliphatic heterocycles. The number of fused-ring (bicyclic) bond motifs is 2. The molecule has 2 unspecified atom stereocenters. The lowest BCUT2D eigenvalue weighted by Gasteiger charge is -2.37. The second-order valence-electron chi connectivity index (χ2n) is 12.8. The van der Waals surface area contributed by atoms with Gasteiger partial charge in [-0.1, -0.05) is 38.1 Å². The van der Waals surface area contributed by atoms with Gasteiger partial charge >= 0.3 is 0 Å². The largest absolute Gasteiger partial charge is 0.494 e. The van der Waals surface area contributed by atoms with Gasteiger partial charge in [-0.3, -0.25) is 14.4 Å². The van der Waals surface area contributed by atoms with Crippen molar-refractivity contribution < 1.29 is 29.0 Å². The lowest BCUT2D eigenvalue weighted by Crippen LogP contribution is -2.58. The molecule has 3 amide bonds. The number of ether oxygens (including phenoxy) is 2. The first-order valence-corrected chi connectivity index (χ1v) is 15.9. The molecule has 3 N–H and O–H groups in total. The average Bonchev–Trinajstić information content (AvgIpc) is 3.76. The predicted octanol–water partition coefficient (Wildman–Crippen LogP) is 3.10. The Morgan fingerprint density at radius 3 is 2.56 bits per heavy atom. The zero-order chi connectivity index (χ0) is 31.9. The number of hydrogen-bond donors (Lipinski definition) is 3. The summed E-state index contributed by atoms with van der Waals surface area (Å²) in [6, 6.07) is 12.9. The van der Waals surface area contributed by atoms with Gasteiger partial charge in [0.2, 0.25) is 17.7 Å². The van der Waals surface area contributed by atoms with Crippen LogP contribution in [0.4, 0.5) is 5.69 Å². The van der Waals surface area contributed by atoms with Crippen LogP contribution in [-0.2, 0) is 25.8 Å². The van der Waals surface area contributed by atoms with Crippen molar-refractivity contribution in [3.63, 3.8) is 0 Å². The van der Waals surface area contributed by atoms with Crippen molar-refractivity contribution in [1.29, 1.82) is 0 Å². The summed E-state index contributed by atoms with van der Waals surface area (Å²) in [5, 5.41) is 24.9. The fourth-order valence-electron chi connectivity index (χ4n) is 7.87. The van der Waals surface area contributed by atoms with E-state index < -0.39 is 41.0 Å². The molecule has 2 bridgehead atoms. The Hall–Kier alpha value is -4.03. The minimum atomic E-state index is -1.22. The van der Waals surface area contributed by atoms with Crippen molar-refractivity contribution >= 4 is 34.4 Å². The Bertz CT molecular complexity index is 1580. The maximum atomic E-state index is 14.5. The molecular weight excluding hydrogens is 576 g/mol. The number of nitrogens with zero attached hydrogens (tertiary/aromatic N) is 4. The van der Waals surface area contributed by atoms with Crippen molar-refractivity contribution in [3.8, 4) is 5.75 Å². The van der Waals surface area contributed by atoms with E-state index in [9.17, 15) is 19.5 Å². The first kappa shape index (κ1) is 31.0. The van der Waals surface area contributed by atoms with Crippen LogP contribution < -0.4 is 15.4 Å². The van der Waals surface area contributed by atoms with Crippen molar-refractivity contribution in [2.24, 2.45) is 17.8 Å². The van der Waals surface area contributed by atoms with Crippen LogP contribution in [0.2, 0.25) is 0 Å². The number of nitrogens with one attached hydrogen (secondary N) is 2. The van der Waals surface area contributed by atoms with Crippen molar-refractivity contribution in [2.45, 2.75) is 83.3 Å². The van der Waals surface area contributed by atoms with E-state index in [1.807, 2.05) is 52.0 Å². The van der Waals surface area contributed by atoms with Crippen LogP contribution in [0.15, 0.2) is 48.5 Å². The van der Waals surface area contributed by atoms with Crippen molar-refractivity contribution in [1.82, 2.24) is 25.2 Å². The summed E-state index contributed by atoms with van der Waals surface area (Å²) in [7, 11) is 0. The Balaban J connectivity index is 1.34. The number of carbonyl (C=O) groups excluding carboxylic acids is 3. The van der Waals surface area contributed by atoms with Gasteiger partial charge in [-0.05, 0) is 74.9 Å². The van der Waals surface area contributed by atoms with E-state index >= 15 is 0 Å². The number of likely N-dealkylation sites (tertiary alicyclic amines) is 1. The standard InChI is InChI=1S/C33H42N6O6/c1-5-32-15-16-33(45-32)27(26(32)29(41)35-21-11-13-23(14-12-21)44-6-2)31(43)39(22(18-40)17-20(3)4)28(33)30(42)34-19-38-25-10-8-7-9-24(25)36-37-38/h7-14,20,22,26-28,40H,5-6,15-19H2,1-4H3,(H,34,42)(H,35,41)/t22-,26-,27+,28?,32+,33?/m1/s1. The molecule has 45 heavy (non-hydrogen) atoms. The smallest absolute Gasteiger partial charge is 0.247 e. The molecule has 240 valence electrons. The summed E-state index contributed by atoms with van der Waals surface area (Å²) in [6.07, 6.45) is 1.98. The second-order valence-corrected chi connectivity index (χ2v) is 12.8. The summed E-state index contributed by atoms with van der Waals surface area (Å²) in [5.74, 6) is -1.91. The van der Waals surface area contributed by atoms with Gasteiger partial charge in [0.05, 0.1) is 42.2 Å². The molecule has 1 spiro atoms. The molecule has 0 aliphatic carbocycles. The summed E-state index contributed by atoms with van der Waals surface area (Å²) in [5.41, 5.74) is -0.0713. The summed E-state index contributed by atoms with van der Waals surface area (Å²) in [6.45, 7) is 8.13. The molecule has 2 aromatic carbocycles. The number of aromatic nitrogens is 3. The summed E-state index contributed by atoms with van der Waals surface area (Å²) < 4.78 is 14.0. The van der Waals surface area contributed by atoms with Crippen LogP contribution in [0.3, 0.4) is 0 Å². The highest BCUT2D eigenvalue weighted by atomic mass is 16.5. The van der Waals surface area contributed by atoms with Gasteiger partial charge in [-0.15, -0.1) is 5.10 Å². The summed E-state index contributed by atoms with van der Waals surface area (Å²) >= 11 is 0. The Labute approximate surface area is 262 Å². The van der Waals surface area contributed by atoms with E-state index in [2.05, 4.69) is 20.9 Å². The molecule has 1 aromatic heterocycles. The number of rotatable bonds is 12. The maximum absolute atomic E-state index is 14.5. The van der Waals surface area contributed by atoms with E-state index in [4.69, 9.17) is 9.47 Å². The zero-order valence-electron chi connectivity index (χ0n) is 26.2. The van der Waals surface area contributed by atoms with E-state index in [1.54, 1.807) is 28.9 Å². The topological polar surface area (TPSA) is 148 Å². The molecule has 6 rings (SSSR count). The first-order chi connectivity index (χ1) is 21.7. The highest BCUT2D eigenvalue weighted by molar-refractivity contribution is 6.02.